The molecule has 6 aromatic rings. The van der Waals surface area contributed by atoms with Crippen LogP contribution in [0, 0.1) is 0 Å². The van der Waals surface area contributed by atoms with Gasteiger partial charge in [-0.2, -0.15) is 0 Å². The van der Waals surface area contributed by atoms with Crippen LogP contribution in [0.3, 0.4) is 0 Å². The van der Waals surface area contributed by atoms with Gasteiger partial charge in [0.05, 0.1) is 5.52 Å². The molecule has 0 fully saturated rings. The zero-order valence-corrected chi connectivity index (χ0v) is 17.5. The van der Waals surface area contributed by atoms with Crippen LogP contribution in [0.25, 0.3) is 55.9 Å². The van der Waals surface area contributed by atoms with Crippen molar-refractivity contribution in [2.75, 3.05) is 0 Å². The number of benzene rings is 3. The van der Waals surface area contributed by atoms with Crippen molar-refractivity contribution in [1.82, 2.24) is 9.55 Å². The highest BCUT2D eigenvalue weighted by Gasteiger charge is 2.18. The molecule has 3 nitrogen and oxygen atoms in total. The van der Waals surface area contributed by atoms with E-state index in [4.69, 9.17) is 4.42 Å². The van der Waals surface area contributed by atoms with Gasteiger partial charge in [-0.05, 0) is 60.4 Å². The van der Waals surface area contributed by atoms with Gasteiger partial charge in [-0.1, -0.05) is 54.6 Å². The van der Waals surface area contributed by atoms with Crippen molar-refractivity contribution in [2.24, 2.45) is 0 Å². The third-order valence-corrected chi connectivity index (χ3v) is 6.53. The first-order valence-electron chi connectivity index (χ1n) is 11.0. The maximum atomic E-state index is 5.91. The van der Waals surface area contributed by atoms with Crippen molar-refractivity contribution in [1.29, 1.82) is 0 Å². The highest BCUT2D eigenvalue weighted by Crippen LogP contribution is 2.35. The molecule has 0 bridgehead atoms. The van der Waals surface area contributed by atoms with E-state index in [2.05, 4.69) is 82.4 Å². The van der Waals surface area contributed by atoms with Crippen LogP contribution in [0.4, 0.5) is 0 Å². The normalized spacial score (nSPS) is 13.2. The molecule has 7 rings (SSSR count). The van der Waals surface area contributed by atoms with Crippen LogP contribution in [0.5, 0.6) is 0 Å². The Bertz CT molecular complexity index is 1680. The van der Waals surface area contributed by atoms with Gasteiger partial charge in [-0.25, -0.2) is 4.98 Å². The summed E-state index contributed by atoms with van der Waals surface area (Å²) in [5.41, 5.74) is 8.96. The van der Waals surface area contributed by atoms with Crippen LogP contribution >= 0.6 is 0 Å². The standard InChI is InChI=1S/C29H20N2O/c1-4-13-26-22(10-1)23-11-2-5-14-27(23)31(26)21-9-7-8-19(16-21)20-17-25-24-12-3-6-15-28(24)32-29(25)30-18-20/h1,3-10,12-18H,2,11H2. The van der Waals surface area contributed by atoms with Crippen LogP contribution in [-0.4, -0.2) is 9.55 Å². The number of hydrogen-bond donors (Lipinski definition) is 0. The van der Waals surface area contributed by atoms with Gasteiger partial charge in [0.1, 0.15) is 5.58 Å². The van der Waals surface area contributed by atoms with Gasteiger partial charge in [-0.15, -0.1) is 0 Å². The van der Waals surface area contributed by atoms with Gasteiger partial charge >= 0.3 is 0 Å². The lowest BCUT2D eigenvalue weighted by Crippen LogP contribution is -2.00. The first-order valence-corrected chi connectivity index (χ1v) is 11.0. The molecule has 1 aliphatic rings. The molecule has 0 N–H and O–H groups in total. The number of nitrogens with zero attached hydrogens (tertiary/aromatic N) is 2. The van der Waals surface area contributed by atoms with Crippen molar-refractivity contribution < 1.29 is 4.42 Å². The Labute approximate surface area is 185 Å². The predicted octanol–water partition coefficient (Wildman–Crippen LogP) is 7.55. The zero-order chi connectivity index (χ0) is 21.1. The Hall–Kier alpha value is -4.11. The topological polar surface area (TPSA) is 31.0 Å². The molecule has 0 radical (unpaired) electrons. The summed E-state index contributed by atoms with van der Waals surface area (Å²) in [5, 5.41) is 3.50. The molecule has 3 heterocycles. The average Bonchev–Trinajstić information content (AvgIpc) is 3.39. The molecule has 0 atom stereocenters. The van der Waals surface area contributed by atoms with E-state index in [0.29, 0.717) is 5.71 Å². The number of aryl methyl sites for hydroxylation is 1. The second-order valence-electron chi connectivity index (χ2n) is 8.38. The number of rotatable bonds is 2. The van der Waals surface area contributed by atoms with Crippen molar-refractivity contribution in [3.05, 3.63) is 102 Å². The maximum Gasteiger partial charge on any atom is 0.227 e. The summed E-state index contributed by atoms with van der Waals surface area (Å²) in [5.74, 6) is 0. The number of hydrogen-bond acceptors (Lipinski definition) is 2. The largest absolute Gasteiger partial charge is 0.438 e. The van der Waals surface area contributed by atoms with E-state index >= 15 is 0 Å². The van der Waals surface area contributed by atoms with Crippen molar-refractivity contribution in [3.63, 3.8) is 0 Å². The molecular weight excluding hydrogens is 392 g/mol. The fourth-order valence-corrected chi connectivity index (χ4v) is 5.06. The molecule has 1 aliphatic carbocycles. The summed E-state index contributed by atoms with van der Waals surface area (Å²) >= 11 is 0. The summed E-state index contributed by atoms with van der Waals surface area (Å²) in [6.07, 6.45) is 8.66. The molecular formula is C29H20N2O. The minimum Gasteiger partial charge on any atom is -0.438 e. The number of aromatic nitrogens is 2. The quantitative estimate of drug-likeness (QED) is 0.294. The van der Waals surface area contributed by atoms with E-state index < -0.39 is 0 Å². The minimum absolute atomic E-state index is 0.682. The number of pyridine rings is 1. The molecule has 0 amide bonds. The lowest BCUT2D eigenvalue weighted by molar-refractivity contribution is 0.654. The Morgan fingerprint density at radius 1 is 0.781 bits per heavy atom. The van der Waals surface area contributed by atoms with E-state index in [-0.39, 0.29) is 0 Å². The first-order chi connectivity index (χ1) is 15.9. The van der Waals surface area contributed by atoms with Crippen LogP contribution in [0.1, 0.15) is 17.7 Å². The second kappa shape index (κ2) is 6.69. The zero-order valence-electron chi connectivity index (χ0n) is 17.5. The van der Waals surface area contributed by atoms with Crippen molar-refractivity contribution >= 4 is 39.0 Å². The van der Waals surface area contributed by atoms with Crippen molar-refractivity contribution in [2.45, 2.75) is 12.8 Å². The van der Waals surface area contributed by atoms with Crippen LogP contribution < -0.4 is 0 Å². The monoisotopic (exact) mass is 412 g/mol. The maximum absolute atomic E-state index is 5.91. The fraction of sp³-hybridized carbons (Fsp3) is 0.0690. The lowest BCUT2D eigenvalue weighted by atomic mass is 10.0. The van der Waals surface area contributed by atoms with Gasteiger partial charge in [0, 0.05) is 39.3 Å². The molecule has 0 spiro atoms. The minimum atomic E-state index is 0.682. The SMILES string of the molecule is C1=Cc2c(c3ccccc3n2-c2cccc(-c3cnc4oc5ccccc5c4c3)c2)CC1. The number of para-hydroxylation sites is 2. The molecule has 3 aromatic heterocycles. The highest BCUT2D eigenvalue weighted by atomic mass is 16.3. The molecule has 152 valence electrons. The summed E-state index contributed by atoms with van der Waals surface area (Å²) in [4.78, 5) is 4.62. The summed E-state index contributed by atoms with van der Waals surface area (Å²) in [6.45, 7) is 0. The molecule has 0 saturated heterocycles. The third-order valence-electron chi connectivity index (χ3n) is 6.53. The average molecular weight is 412 g/mol. The lowest BCUT2D eigenvalue weighted by Gasteiger charge is -2.13. The van der Waals surface area contributed by atoms with E-state index in [1.165, 1.54) is 27.8 Å². The van der Waals surface area contributed by atoms with Crippen molar-refractivity contribution in [3.8, 4) is 16.8 Å². The van der Waals surface area contributed by atoms with Gasteiger partial charge in [0.25, 0.3) is 0 Å². The number of fused-ring (bicyclic) bond motifs is 6. The van der Waals surface area contributed by atoms with Gasteiger partial charge < -0.3 is 8.98 Å². The van der Waals surface area contributed by atoms with Crippen LogP contribution in [0.15, 0.2) is 95.6 Å². The third kappa shape index (κ3) is 2.51. The molecule has 0 saturated carbocycles. The van der Waals surface area contributed by atoms with Gasteiger partial charge in [0.15, 0.2) is 0 Å². The second-order valence-corrected chi connectivity index (χ2v) is 8.38. The van der Waals surface area contributed by atoms with E-state index in [9.17, 15) is 0 Å². The Kier molecular flexibility index (Phi) is 3.67. The fourth-order valence-electron chi connectivity index (χ4n) is 5.06. The van der Waals surface area contributed by atoms with Crippen LogP contribution in [-0.2, 0) is 6.42 Å². The first kappa shape index (κ1) is 17.6. The number of furan rings is 1. The smallest absolute Gasteiger partial charge is 0.227 e. The highest BCUT2D eigenvalue weighted by molar-refractivity contribution is 6.04. The molecule has 0 aliphatic heterocycles. The molecule has 32 heavy (non-hydrogen) atoms. The van der Waals surface area contributed by atoms with Gasteiger partial charge in [0.2, 0.25) is 5.71 Å². The number of allylic oxidation sites excluding steroid dienone is 1. The Morgan fingerprint density at radius 2 is 1.66 bits per heavy atom. The van der Waals surface area contributed by atoms with E-state index in [1.807, 2.05) is 24.4 Å². The summed E-state index contributed by atoms with van der Waals surface area (Å²) < 4.78 is 8.31. The Morgan fingerprint density at radius 3 is 2.62 bits per heavy atom. The summed E-state index contributed by atoms with van der Waals surface area (Å²) in [7, 11) is 0. The van der Waals surface area contributed by atoms with E-state index in [1.54, 1.807) is 0 Å². The molecule has 0 unspecified atom stereocenters. The van der Waals surface area contributed by atoms with Gasteiger partial charge in [-0.3, -0.25) is 0 Å². The van der Waals surface area contributed by atoms with Crippen LogP contribution in [0.2, 0.25) is 0 Å². The van der Waals surface area contributed by atoms with E-state index in [0.717, 1.165) is 40.3 Å². The predicted molar refractivity (Wildman–Crippen MR) is 131 cm³/mol. The molecule has 3 aromatic carbocycles. The molecule has 3 heteroatoms. The Balaban J connectivity index is 1.43. The summed E-state index contributed by atoms with van der Waals surface area (Å²) in [6, 6.07) is 27.8.